The molecule has 208 valence electrons. The van der Waals surface area contributed by atoms with Gasteiger partial charge in [0.2, 0.25) is 0 Å². The molecule has 0 aliphatic heterocycles. The lowest BCUT2D eigenvalue weighted by molar-refractivity contribution is 0.308. The molecule has 0 aliphatic rings. The van der Waals surface area contributed by atoms with Crippen molar-refractivity contribution in [2.45, 2.75) is 163 Å². The topological polar surface area (TPSA) is 9.23 Å². The van der Waals surface area contributed by atoms with Gasteiger partial charge in [0, 0.05) is 0 Å². The maximum absolute atomic E-state index is 6.71. The Balaban J connectivity index is 6.07. The summed E-state index contributed by atoms with van der Waals surface area (Å²) >= 11 is 5.36. The second-order valence-electron chi connectivity index (χ2n) is 11.0. The average molecular weight is 519 g/mol. The molecular weight excluding hydrogens is 452 g/mol. The van der Waals surface area contributed by atoms with E-state index in [1.165, 1.54) is 156 Å². The number of hydrogen-bond acceptors (Lipinski definition) is 1. The van der Waals surface area contributed by atoms with E-state index in [0.29, 0.717) is 0 Å². The first-order valence-corrected chi connectivity index (χ1v) is 18.8. The van der Waals surface area contributed by atoms with Gasteiger partial charge in [0.25, 0.3) is 0 Å². The molecular formula is C31H66OS2. The summed E-state index contributed by atoms with van der Waals surface area (Å²) < 4.78 is 7.96. The Labute approximate surface area is 222 Å². The highest BCUT2D eigenvalue weighted by molar-refractivity contribution is 8.52. The van der Waals surface area contributed by atoms with Gasteiger partial charge in [-0.1, -0.05) is 131 Å². The van der Waals surface area contributed by atoms with Crippen LogP contribution in [-0.2, 0) is 4.74 Å². The SMILES string of the molecule is CCCCCCOC(S)=S(CCCCCC)(CCCCCC)(CCCCCC)CCCCCC. The third-order valence-electron chi connectivity index (χ3n) is 7.85. The Morgan fingerprint density at radius 3 is 1.03 bits per heavy atom. The third kappa shape index (κ3) is 14.3. The van der Waals surface area contributed by atoms with Crippen molar-refractivity contribution in [1.82, 2.24) is 0 Å². The molecule has 0 atom stereocenters. The Bertz CT molecular complexity index is 442. The molecule has 3 heteroatoms. The van der Waals surface area contributed by atoms with E-state index >= 15 is 0 Å². The van der Waals surface area contributed by atoms with Crippen LogP contribution in [0.2, 0.25) is 0 Å². The number of unbranched alkanes of at least 4 members (excludes halogenated alkanes) is 15. The van der Waals surface area contributed by atoms with Crippen LogP contribution in [-0.4, -0.2) is 34.0 Å². The van der Waals surface area contributed by atoms with E-state index < -0.39 is 8.75 Å². The molecule has 0 unspecified atom stereocenters. The smallest absolute Gasteiger partial charge is 0.116 e. The van der Waals surface area contributed by atoms with Gasteiger partial charge in [0.15, 0.2) is 0 Å². The van der Waals surface area contributed by atoms with Crippen LogP contribution >= 0.6 is 21.4 Å². The molecule has 0 aromatic carbocycles. The van der Waals surface area contributed by atoms with Gasteiger partial charge >= 0.3 is 0 Å². The van der Waals surface area contributed by atoms with Crippen molar-refractivity contribution in [2.24, 2.45) is 0 Å². The fourth-order valence-electron chi connectivity index (χ4n) is 5.45. The van der Waals surface area contributed by atoms with Crippen molar-refractivity contribution in [3.8, 4) is 0 Å². The van der Waals surface area contributed by atoms with Gasteiger partial charge in [-0.3, -0.25) is 0 Å². The van der Waals surface area contributed by atoms with Crippen LogP contribution in [0.3, 0.4) is 0 Å². The lowest BCUT2D eigenvalue weighted by atomic mass is 10.2. The van der Waals surface area contributed by atoms with Gasteiger partial charge in [0.1, 0.15) is 4.38 Å². The normalized spacial score (nSPS) is 13.2. The van der Waals surface area contributed by atoms with Gasteiger partial charge in [-0.05, 0) is 55.1 Å². The third-order valence-corrected chi connectivity index (χ3v) is 16.1. The van der Waals surface area contributed by atoms with E-state index in [-0.39, 0.29) is 0 Å². The molecule has 34 heavy (non-hydrogen) atoms. The van der Waals surface area contributed by atoms with Crippen molar-refractivity contribution in [2.75, 3.05) is 29.6 Å². The highest BCUT2D eigenvalue weighted by Crippen LogP contribution is 2.63. The summed E-state index contributed by atoms with van der Waals surface area (Å²) in [5, 5.41) is 0. The molecule has 1 nitrogen and oxygen atoms in total. The molecule has 0 fully saturated rings. The quantitative estimate of drug-likeness (QED) is 0.0718. The number of ether oxygens (including phenoxy) is 1. The lowest BCUT2D eigenvalue weighted by Crippen LogP contribution is -2.31. The second kappa shape index (κ2) is 22.7. The maximum atomic E-state index is 6.71. The summed E-state index contributed by atoms with van der Waals surface area (Å²) in [6, 6.07) is 0. The van der Waals surface area contributed by atoms with Gasteiger partial charge in [-0.15, -0.1) is 12.6 Å². The predicted molar refractivity (Wildman–Crippen MR) is 168 cm³/mol. The second-order valence-corrected chi connectivity index (χ2v) is 17.4. The van der Waals surface area contributed by atoms with Crippen LogP contribution in [0.15, 0.2) is 0 Å². The molecule has 0 amide bonds. The first kappa shape index (κ1) is 34.5. The van der Waals surface area contributed by atoms with E-state index in [1.54, 1.807) is 0 Å². The van der Waals surface area contributed by atoms with Crippen LogP contribution < -0.4 is 0 Å². The summed E-state index contributed by atoms with van der Waals surface area (Å²) in [4.78, 5) is 0. The fourth-order valence-corrected chi connectivity index (χ4v) is 12.8. The van der Waals surface area contributed by atoms with Crippen molar-refractivity contribution >= 4 is 25.8 Å². The molecule has 0 N–H and O–H groups in total. The van der Waals surface area contributed by atoms with Crippen molar-refractivity contribution in [1.29, 1.82) is 0 Å². The zero-order valence-electron chi connectivity index (χ0n) is 24.4. The average Bonchev–Trinajstić information content (AvgIpc) is 2.85. The molecule has 0 aliphatic carbocycles. The molecule has 0 saturated carbocycles. The van der Waals surface area contributed by atoms with Gasteiger partial charge in [0.05, 0.1) is 6.61 Å². The summed E-state index contributed by atoms with van der Waals surface area (Å²) in [6.07, 6.45) is 27.0. The minimum absolute atomic E-state index is 0.888. The summed E-state index contributed by atoms with van der Waals surface area (Å²) in [5.41, 5.74) is 0. The molecule has 0 aromatic heterocycles. The first-order valence-electron chi connectivity index (χ1n) is 15.6. The first-order chi connectivity index (χ1) is 16.5. The number of rotatable bonds is 25. The minimum atomic E-state index is -1.84. The van der Waals surface area contributed by atoms with Crippen LogP contribution in [0.5, 0.6) is 0 Å². The highest BCUT2D eigenvalue weighted by Gasteiger charge is 2.36. The molecule has 0 rings (SSSR count). The van der Waals surface area contributed by atoms with E-state index in [4.69, 9.17) is 17.4 Å². The fraction of sp³-hybridized carbons (Fsp3) is 0.968. The molecule has 0 heterocycles. The van der Waals surface area contributed by atoms with Crippen molar-refractivity contribution < 1.29 is 4.74 Å². The summed E-state index contributed by atoms with van der Waals surface area (Å²) in [7, 11) is -1.84. The van der Waals surface area contributed by atoms with Crippen LogP contribution in [0.1, 0.15) is 163 Å². The van der Waals surface area contributed by atoms with E-state index in [1.807, 2.05) is 0 Å². The molecule has 0 spiro atoms. The van der Waals surface area contributed by atoms with Crippen molar-refractivity contribution in [3.63, 3.8) is 0 Å². The Morgan fingerprint density at radius 1 is 0.441 bits per heavy atom. The summed E-state index contributed by atoms with van der Waals surface area (Å²) in [6.45, 7) is 12.5. The van der Waals surface area contributed by atoms with Gasteiger partial charge in [-0.25, -0.2) is 8.75 Å². The van der Waals surface area contributed by atoms with Gasteiger partial charge < -0.3 is 4.74 Å². The Kier molecular flexibility index (Phi) is 23.1. The highest BCUT2D eigenvalue weighted by atomic mass is 32.3. The van der Waals surface area contributed by atoms with E-state index in [2.05, 4.69) is 34.6 Å². The van der Waals surface area contributed by atoms with Crippen LogP contribution in [0.4, 0.5) is 0 Å². The lowest BCUT2D eigenvalue weighted by Gasteiger charge is -2.52. The van der Waals surface area contributed by atoms with Crippen molar-refractivity contribution in [3.05, 3.63) is 0 Å². The van der Waals surface area contributed by atoms with Crippen LogP contribution in [0.25, 0.3) is 0 Å². The zero-order chi connectivity index (χ0) is 25.4. The maximum Gasteiger partial charge on any atom is 0.116 e. The standard InChI is InChI=1S/C31H66OS2/c1-6-11-16-21-26-32-31(33)34(27-22-17-12-7-2,28-23-18-13-8-3,29-24-19-14-9-4)30-25-20-15-10-5/h33H,6-30H2,1-5H3. The predicted octanol–water partition coefficient (Wildman–Crippen LogP) is 11.3. The monoisotopic (exact) mass is 518 g/mol. The number of thiol groups is 1. The largest absolute Gasteiger partial charge is 0.336 e. The summed E-state index contributed by atoms with van der Waals surface area (Å²) in [5.74, 6) is 5.59. The zero-order valence-corrected chi connectivity index (χ0v) is 26.2. The molecule has 0 bridgehead atoms. The van der Waals surface area contributed by atoms with E-state index in [9.17, 15) is 0 Å². The molecule has 0 aromatic rings. The molecule has 0 radical (unpaired) electrons. The Morgan fingerprint density at radius 2 is 0.735 bits per heavy atom. The molecule has 0 saturated heterocycles. The number of hydrogen-bond donors (Lipinski definition) is 1. The van der Waals surface area contributed by atoms with Gasteiger partial charge in [-0.2, -0.15) is 0 Å². The van der Waals surface area contributed by atoms with E-state index in [0.717, 1.165) is 6.61 Å². The Hall–Kier alpha value is 0.530. The van der Waals surface area contributed by atoms with Crippen LogP contribution in [0, 0.1) is 0 Å². The minimum Gasteiger partial charge on any atom is -0.336 e.